The van der Waals surface area contributed by atoms with E-state index in [0.717, 1.165) is 17.5 Å². The van der Waals surface area contributed by atoms with Crippen molar-refractivity contribution in [3.63, 3.8) is 0 Å². The van der Waals surface area contributed by atoms with Crippen LogP contribution in [0.4, 0.5) is 0 Å². The Labute approximate surface area is 200 Å². The van der Waals surface area contributed by atoms with E-state index in [4.69, 9.17) is 9.47 Å². The molecular weight excluding hydrogens is 456 g/mol. The van der Waals surface area contributed by atoms with Gasteiger partial charge in [-0.3, -0.25) is 9.59 Å². The Kier molecular flexibility index (Phi) is 7.23. The van der Waals surface area contributed by atoms with Gasteiger partial charge in [0.1, 0.15) is 0 Å². The Balaban J connectivity index is 1.32. The second-order valence-electron chi connectivity index (χ2n) is 8.67. The summed E-state index contributed by atoms with van der Waals surface area (Å²) in [5, 5.41) is 0. The average Bonchev–Trinajstić information content (AvgIpc) is 3.09. The third kappa shape index (κ3) is 5.26. The van der Waals surface area contributed by atoms with E-state index >= 15 is 0 Å². The van der Waals surface area contributed by atoms with Gasteiger partial charge in [-0.15, -0.1) is 0 Å². The van der Waals surface area contributed by atoms with Gasteiger partial charge in [0.2, 0.25) is 15.9 Å². The van der Waals surface area contributed by atoms with Crippen molar-refractivity contribution in [3.05, 3.63) is 53.1 Å². The molecule has 0 unspecified atom stereocenters. The summed E-state index contributed by atoms with van der Waals surface area (Å²) in [4.78, 5) is 26.9. The summed E-state index contributed by atoms with van der Waals surface area (Å²) in [6, 6.07) is 10.2. The number of Topliss-reactive ketones (excluding diaryl/α,β-unsaturated/α-hetero) is 1. The third-order valence-corrected chi connectivity index (χ3v) is 8.24. The maximum absolute atomic E-state index is 13.1. The first-order chi connectivity index (χ1) is 16.3. The molecule has 2 aliphatic rings. The van der Waals surface area contributed by atoms with Gasteiger partial charge in [0.25, 0.3) is 0 Å². The lowest BCUT2D eigenvalue weighted by Crippen LogP contribution is -2.50. The number of ketones is 1. The van der Waals surface area contributed by atoms with Gasteiger partial charge in [-0.25, -0.2) is 8.42 Å². The number of carbonyl (C=O) groups excluding carboxylic acids is 2. The van der Waals surface area contributed by atoms with Gasteiger partial charge in [-0.05, 0) is 43.2 Å². The fourth-order valence-corrected chi connectivity index (χ4v) is 5.51. The Morgan fingerprint density at radius 3 is 2.26 bits per heavy atom. The summed E-state index contributed by atoms with van der Waals surface area (Å²) in [6.07, 6.45) is 0.987. The number of aryl methyl sites for hydroxylation is 2. The standard InChI is InChI=1S/C25H30N2O6S/c1-18-4-5-20(16-19(18)2)22(28)7-9-25(29)26-10-12-27(13-11-26)34(30,31)21-6-8-23-24(17-21)33-15-3-14-32-23/h4-6,8,16-17H,3,7,9-15H2,1-2H3. The van der Waals surface area contributed by atoms with Crippen LogP contribution in [0.5, 0.6) is 11.5 Å². The summed E-state index contributed by atoms with van der Waals surface area (Å²) < 4.78 is 38.9. The molecule has 4 rings (SSSR count). The van der Waals surface area contributed by atoms with Crippen LogP contribution in [0.25, 0.3) is 0 Å². The molecule has 34 heavy (non-hydrogen) atoms. The zero-order valence-corrected chi connectivity index (χ0v) is 20.4. The molecule has 1 fully saturated rings. The number of ether oxygens (including phenoxy) is 2. The van der Waals surface area contributed by atoms with Crippen LogP contribution in [0.15, 0.2) is 41.3 Å². The van der Waals surface area contributed by atoms with Gasteiger partial charge in [0.05, 0.1) is 18.1 Å². The molecule has 0 radical (unpaired) electrons. The molecular formula is C25H30N2O6S. The molecule has 0 aliphatic carbocycles. The van der Waals surface area contributed by atoms with Gasteiger partial charge in [0, 0.05) is 57.1 Å². The molecule has 2 aliphatic heterocycles. The molecule has 1 saturated heterocycles. The van der Waals surface area contributed by atoms with Crippen LogP contribution in [0.1, 0.15) is 40.7 Å². The maximum Gasteiger partial charge on any atom is 0.243 e. The van der Waals surface area contributed by atoms with E-state index in [9.17, 15) is 18.0 Å². The van der Waals surface area contributed by atoms with Gasteiger partial charge in [-0.1, -0.05) is 12.1 Å². The Bertz CT molecular complexity index is 1190. The molecule has 182 valence electrons. The summed E-state index contributed by atoms with van der Waals surface area (Å²) in [6.45, 7) is 5.94. The minimum absolute atomic E-state index is 0.0629. The minimum atomic E-state index is -3.72. The number of carbonyl (C=O) groups is 2. The fourth-order valence-electron chi connectivity index (χ4n) is 4.07. The largest absolute Gasteiger partial charge is 0.490 e. The molecule has 0 atom stereocenters. The Morgan fingerprint density at radius 1 is 0.853 bits per heavy atom. The number of sulfonamides is 1. The van der Waals surface area contributed by atoms with Gasteiger partial charge < -0.3 is 14.4 Å². The van der Waals surface area contributed by atoms with Crippen molar-refractivity contribution in [2.45, 2.75) is 38.0 Å². The SMILES string of the molecule is Cc1ccc(C(=O)CCC(=O)N2CCN(S(=O)(=O)c3ccc4c(c3)OCCCO4)CC2)cc1C. The van der Waals surface area contributed by atoms with Crippen LogP contribution in [0, 0.1) is 13.8 Å². The van der Waals surface area contributed by atoms with Crippen molar-refractivity contribution in [1.29, 1.82) is 0 Å². The highest BCUT2D eigenvalue weighted by Crippen LogP contribution is 2.33. The van der Waals surface area contributed by atoms with Crippen LogP contribution < -0.4 is 9.47 Å². The van der Waals surface area contributed by atoms with Crippen LogP contribution in [-0.4, -0.2) is 68.7 Å². The topological polar surface area (TPSA) is 93.2 Å². The monoisotopic (exact) mass is 486 g/mol. The lowest BCUT2D eigenvalue weighted by Gasteiger charge is -2.34. The van der Waals surface area contributed by atoms with Gasteiger partial charge in [-0.2, -0.15) is 4.31 Å². The fraction of sp³-hybridized carbons (Fsp3) is 0.440. The van der Waals surface area contributed by atoms with Crippen molar-refractivity contribution in [3.8, 4) is 11.5 Å². The molecule has 0 aromatic heterocycles. The van der Waals surface area contributed by atoms with Crippen molar-refractivity contribution in [1.82, 2.24) is 9.21 Å². The van der Waals surface area contributed by atoms with Crippen molar-refractivity contribution >= 4 is 21.7 Å². The number of rotatable bonds is 6. The Hall–Kier alpha value is -2.91. The van der Waals surface area contributed by atoms with E-state index < -0.39 is 10.0 Å². The molecule has 0 bridgehead atoms. The van der Waals surface area contributed by atoms with E-state index in [1.165, 1.54) is 16.4 Å². The first-order valence-corrected chi connectivity index (χ1v) is 13.0. The predicted molar refractivity (Wildman–Crippen MR) is 127 cm³/mol. The summed E-state index contributed by atoms with van der Waals surface area (Å²) in [7, 11) is -3.72. The van der Waals surface area contributed by atoms with E-state index in [2.05, 4.69) is 0 Å². The number of nitrogens with zero attached hydrogens (tertiary/aromatic N) is 2. The quantitative estimate of drug-likeness (QED) is 0.583. The molecule has 2 aromatic rings. The maximum atomic E-state index is 13.1. The van der Waals surface area contributed by atoms with Crippen LogP contribution in [-0.2, 0) is 14.8 Å². The van der Waals surface area contributed by atoms with E-state index in [-0.39, 0.29) is 42.5 Å². The van der Waals surface area contributed by atoms with Crippen LogP contribution in [0.3, 0.4) is 0 Å². The summed E-state index contributed by atoms with van der Waals surface area (Å²) in [5.41, 5.74) is 2.78. The second kappa shape index (κ2) is 10.1. The zero-order valence-electron chi connectivity index (χ0n) is 19.6. The number of piperazine rings is 1. The summed E-state index contributed by atoms with van der Waals surface area (Å²) in [5.74, 6) is 0.778. The lowest BCUT2D eigenvalue weighted by molar-refractivity contribution is -0.132. The number of hydrogen-bond donors (Lipinski definition) is 0. The zero-order chi connectivity index (χ0) is 24.3. The minimum Gasteiger partial charge on any atom is -0.490 e. The molecule has 9 heteroatoms. The summed E-state index contributed by atoms with van der Waals surface area (Å²) >= 11 is 0. The van der Waals surface area contributed by atoms with E-state index in [0.29, 0.717) is 43.4 Å². The molecule has 2 heterocycles. The lowest BCUT2D eigenvalue weighted by atomic mass is 10.0. The van der Waals surface area contributed by atoms with E-state index in [1.54, 1.807) is 17.0 Å². The van der Waals surface area contributed by atoms with Crippen molar-refractivity contribution in [2.75, 3.05) is 39.4 Å². The first kappa shape index (κ1) is 24.2. The number of hydrogen-bond acceptors (Lipinski definition) is 6. The number of benzene rings is 2. The highest BCUT2D eigenvalue weighted by atomic mass is 32.2. The highest BCUT2D eigenvalue weighted by Gasteiger charge is 2.31. The molecule has 0 spiro atoms. The van der Waals surface area contributed by atoms with Gasteiger partial charge in [0.15, 0.2) is 17.3 Å². The second-order valence-corrected chi connectivity index (χ2v) is 10.6. The molecule has 0 saturated carbocycles. The number of fused-ring (bicyclic) bond motifs is 1. The normalized spacial score (nSPS) is 16.7. The smallest absolute Gasteiger partial charge is 0.243 e. The van der Waals surface area contributed by atoms with Gasteiger partial charge >= 0.3 is 0 Å². The Morgan fingerprint density at radius 2 is 1.56 bits per heavy atom. The highest BCUT2D eigenvalue weighted by molar-refractivity contribution is 7.89. The van der Waals surface area contributed by atoms with Crippen molar-refractivity contribution < 1.29 is 27.5 Å². The molecule has 0 N–H and O–H groups in total. The van der Waals surface area contributed by atoms with Crippen LogP contribution in [0.2, 0.25) is 0 Å². The average molecular weight is 487 g/mol. The molecule has 2 aromatic carbocycles. The van der Waals surface area contributed by atoms with E-state index in [1.807, 2.05) is 26.0 Å². The first-order valence-electron chi connectivity index (χ1n) is 11.5. The third-order valence-electron chi connectivity index (χ3n) is 6.34. The predicted octanol–water partition coefficient (Wildman–Crippen LogP) is 2.96. The van der Waals surface area contributed by atoms with Crippen molar-refractivity contribution in [2.24, 2.45) is 0 Å². The molecule has 8 nitrogen and oxygen atoms in total. The molecule has 1 amide bonds. The van der Waals surface area contributed by atoms with Crippen LogP contribution >= 0.6 is 0 Å². The number of amides is 1.